The third-order valence-electron chi connectivity index (χ3n) is 8.46. The molecule has 3 aliphatic heterocycles. The number of aryl methyl sites for hydroxylation is 1. The topological polar surface area (TPSA) is 92.9 Å². The lowest BCUT2D eigenvalue weighted by Crippen LogP contribution is -2.44. The second-order valence-electron chi connectivity index (χ2n) is 11.0. The van der Waals surface area contributed by atoms with Gasteiger partial charge in [0, 0.05) is 69.4 Å². The molecule has 9 nitrogen and oxygen atoms in total. The number of piperidine rings is 1. The van der Waals surface area contributed by atoms with E-state index in [9.17, 15) is 14.4 Å². The van der Waals surface area contributed by atoms with E-state index >= 15 is 0 Å². The van der Waals surface area contributed by atoms with Crippen molar-refractivity contribution in [2.45, 2.75) is 33.1 Å². The molecule has 0 bridgehead atoms. The summed E-state index contributed by atoms with van der Waals surface area (Å²) in [5.74, 6) is 1.12. The number of anilines is 1. The summed E-state index contributed by atoms with van der Waals surface area (Å²) >= 11 is 6.44. The Morgan fingerprint density at radius 2 is 1.79 bits per heavy atom. The fourth-order valence-corrected chi connectivity index (χ4v) is 6.39. The number of hydrogen-bond acceptors (Lipinski definition) is 5. The van der Waals surface area contributed by atoms with E-state index in [4.69, 9.17) is 11.6 Å². The van der Waals surface area contributed by atoms with E-state index in [0.29, 0.717) is 55.0 Å². The third-order valence-corrected chi connectivity index (χ3v) is 8.86. The van der Waals surface area contributed by atoms with E-state index in [0.717, 1.165) is 50.4 Å². The van der Waals surface area contributed by atoms with E-state index in [-0.39, 0.29) is 23.6 Å². The number of fused-ring (bicyclic) bond motifs is 1. The van der Waals surface area contributed by atoms with Gasteiger partial charge >= 0.3 is 0 Å². The lowest BCUT2D eigenvalue weighted by Gasteiger charge is -2.34. The minimum absolute atomic E-state index is 0.0310. The first kappa shape index (κ1) is 26.7. The number of nitrogens with zero attached hydrogens (tertiary/aromatic N) is 5. The van der Waals surface area contributed by atoms with E-state index in [1.807, 2.05) is 39.8 Å². The first-order valence-corrected chi connectivity index (χ1v) is 14.0. The minimum Gasteiger partial charge on any atom is -0.343 e. The highest BCUT2D eigenvalue weighted by atomic mass is 35.5. The smallest absolute Gasteiger partial charge is 0.271 e. The number of halogens is 1. The van der Waals surface area contributed by atoms with Gasteiger partial charge in [-0.05, 0) is 62.3 Å². The molecular formula is C28H37ClN6O3. The maximum atomic E-state index is 13.7. The van der Waals surface area contributed by atoms with Crippen molar-refractivity contribution < 1.29 is 14.4 Å². The van der Waals surface area contributed by atoms with Crippen LogP contribution in [-0.4, -0.2) is 94.7 Å². The zero-order valence-electron chi connectivity index (χ0n) is 22.2. The first-order chi connectivity index (χ1) is 18.3. The number of aromatic amines is 1. The Morgan fingerprint density at radius 1 is 1.08 bits per heavy atom. The molecule has 0 spiro atoms. The second kappa shape index (κ2) is 11.5. The molecular weight excluding hydrogens is 504 g/mol. The maximum absolute atomic E-state index is 13.7. The summed E-state index contributed by atoms with van der Waals surface area (Å²) in [5, 5.41) is 0.660. The molecule has 1 aromatic heterocycles. The summed E-state index contributed by atoms with van der Waals surface area (Å²) in [7, 11) is 0. The Morgan fingerprint density at radius 3 is 2.39 bits per heavy atom. The zero-order chi connectivity index (χ0) is 26.8. The molecule has 0 aliphatic carbocycles. The molecule has 3 saturated heterocycles. The van der Waals surface area contributed by atoms with Gasteiger partial charge in [0.2, 0.25) is 11.8 Å². The van der Waals surface area contributed by atoms with Gasteiger partial charge < -0.3 is 24.6 Å². The largest absolute Gasteiger partial charge is 0.343 e. The van der Waals surface area contributed by atoms with Crippen LogP contribution in [-0.2, 0) is 9.59 Å². The van der Waals surface area contributed by atoms with Crippen LogP contribution in [0, 0.1) is 24.7 Å². The van der Waals surface area contributed by atoms with Gasteiger partial charge in [0.1, 0.15) is 5.69 Å². The molecule has 5 rings (SSSR count). The third kappa shape index (κ3) is 5.73. The van der Waals surface area contributed by atoms with Crippen LogP contribution < -0.4 is 4.90 Å². The van der Waals surface area contributed by atoms with Crippen molar-refractivity contribution in [3.63, 3.8) is 0 Å². The van der Waals surface area contributed by atoms with Crippen molar-refractivity contribution in [2.75, 3.05) is 57.3 Å². The number of H-pyrrole nitrogens is 1. The molecule has 1 N–H and O–H groups in total. The number of likely N-dealkylation sites (tertiary alicyclic amines) is 3. The minimum atomic E-state index is -0.0878. The average Bonchev–Trinajstić information content (AvgIpc) is 3.65. The number of hydrogen-bond donors (Lipinski definition) is 1. The van der Waals surface area contributed by atoms with Crippen LogP contribution >= 0.6 is 11.6 Å². The van der Waals surface area contributed by atoms with Crippen molar-refractivity contribution in [3.8, 4) is 0 Å². The van der Waals surface area contributed by atoms with Gasteiger partial charge in [0.15, 0.2) is 0 Å². The Balaban J connectivity index is 1.16. The molecule has 2 atom stereocenters. The number of amides is 3. The zero-order valence-corrected chi connectivity index (χ0v) is 23.0. The van der Waals surface area contributed by atoms with Crippen molar-refractivity contribution in [1.29, 1.82) is 0 Å². The van der Waals surface area contributed by atoms with Gasteiger partial charge in [-0.3, -0.25) is 14.4 Å². The fraction of sp³-hybridized carbons (Fsp3) is 0.571. The predicted molar refractivity (Wildman–Crippen MR) is 146 cm³/mol. The molecule has 0 saturated carbocycles. The van der Waals surface area contributed by atoms with E-state index < -0.39 is 0 Å². The van der Waals surface area contributed by atoms with Crippen LogP contribution in [0.5, 0.6) is 0 Å². The number of benzene rings is 1. The number of aromatic nitrogens is 2. The quantitative estimate of drug-likeness (QED) is 0.582. The van der Waals surface area contributed by atoms with Crippen LogP contribution in [0.4, 0.5) is 5.69 Å². The van der Waals surface area contributed by atoms with Crippen molar-refractivity contribution in [1.82, 2.24) is 24.7 Å². The summed E-state index contributed by atoms with van der Waals surface area (Å²) < 4.78 is 0. The molecule has 2 aromatic rings. The second-order valence-corrected chi connectivity index (χ2v) is 11.4. The monoisotopic (exact) mass is 540 g/mol. The van der Waals surface area contributed by atoms with Gasteiger partial charge in [0.25, 0.3) is 5.91 Å². The van der Waals surface area contributed by atoms with Crippen LogP contribution in [0.1, 0.15) is 42.2 Å². The van der Waals surface area contributed by atoms with Gasteiger partial charge in [-0.25, -0.2) is 4.98 Å². The SMILES string of the molecule is CC(=O)N1CCC(C(=O)N(CCCN2CC3CN(C(=O)c4cnc[nH]4)CC3C2)c2ccc(C)c(Cl)c2)CC1. The Bertz CT molecular complexity index is 1150. The molecule has 2 unspecified atom stereocenters. The molecule has 38 heavy (non-hydrogen) atoms. The molecule has 3 amide bonds. The molecule has 1 aromatic carbocycles. The highest BCUT2D eigenvalue weighted by Gasteiger charge is 2.41. The molecule has 4 heterocycles. The maximum Gasteiger partial charge on any atom is 0.271 e. The Kier molecular flexibility index (Phi) is 8.04. The van der Waals surface area contributed by atoms with E-state index in [1.165, 1.54) is 0 Å². The lowest BCUT2D eigenvalue weighted by molar-refractivity contribution is -0.133. The van der Waals surface area contributed by atoms with Gasteiger partial charge in [-0.2, -0.15) is 0 Å². The molecule has 3 aliphatic rings. The van der Waals surface area contributed by atoms with Gasteiger partial charge in [-0.1, -0.05) is 17.7 Å². The molecule has 204 valence electrons. The Hall–Kier alpha value is -2.91. The van der Waals surface area contributed by atoms with Crippen molar-refractivity contribution in [3.05, 3.63) is 47.0 Å². The predicted octanol–water partition coefficient (Wildman–Crippen LogP) is 3.06. The summed E-state index contributed by atoms with van der Waals surface area (Å²) in [6, 6.07) is 5.84. The van der Waals surface area contributed by atoms with Crippen LogP contribution in [0.15, 0.2) is 30.7 Å². The van der Waals surface area contributed by atoms with Gasteiger partial charge in [-0.15, -0.1) is 0 Å². The van der Waals surface area contributed by atoms with E-state index in [1.54, 1.807) is 19.4 Å². The highest BCUT2D eigenvalue weighted by molar-refractivity contribution is 6.31. The number of nitrogens with one attached hydrogen (secondary N) is 1. The molecule has 0 radical (unpaired) electrons. The van der Waals surface area contributed by atoms with Crippen LogP contribution in [0.25, 0.3) is 0 Å². The van der Waals surface area contributed by atoms with E-state index in [2.05, 4.69) is 14.9 Å². The Labute approximate surface area is 229 Å². The fourth-order valence-electron chi connectivity index (χ4n) is 6.21. The number of imidazole rings is 1. The summed E-state index contributed by atoms with van der Waals surface area (Å²) in [6.07, 6.45) is 5.37. The standard InChI is InChI=1S/C28H37ClN6O3/c1-19-4-5-24(12-25(19)29)35(27(37)21-6-10-33(11-7-21)20(2)36)9-3-8-32-14-22-16-34(17-23(22)15-32)28(38)26-13-30-18-31-26/h4-5,12-13,18,21-23H,3,6-11,14-17H2,1-2H3,(H,30,31). The van der Waals surface area contributed by atoms with Crippen molar-refractivity contribution >= 4 is 35.0 Å². The number of rotatable bonds is 7. The summed E-state index contributed by atoms with van der Waals surface area (Å²) in [6.45, 7) is 9.86. The average molecular weight is 541 g/mol. The number of carbonyl (C=O) groups excluding carboxylic acids is 3. The van der Waals surface area contributed by atoms with Crippen molar-refractivity contribution in [2.24, 2.45) is 17.8 Å². The number of carbonyl (C=O) groups is 3. The molecule has 10 heteroatoms. The molecule has 3 fully saturated rings. The van der Waals surface area contributed by atoms with Gasteiger partial charge in [0.05, 0.1) is 12.5 Å². The van der Waals surface area contributed by atoms with Crippen LogP contribution in [0.2, 0.25) is 5.02 Å². The first-order valence-electron chi connectivity index (χ1n) is 13.6. The summed E-state index contributed by atoms with van der Waals surface area (Å²) in [4.78, 5) is 53.1. The summed E-state index contributed by atoms with van der Waals surface area (Å²) in [5.41, 5.74) is 2.38. The highest BCUT2D eigenvalue weighted by Crippen LogP contribution is 2.32. The lowest BCUT2D eigenvalue weighted by atomic mass is 9.94. The van der Waals surface area contributed by atoms with Crippen LogP contribution in [0.3, 0.4) is 0 Å². The normalized spacial score (nSPS) is 22.1.